The van der Waals surface area contributed by atoms with E-state index in [9.17, 15) is 14.2 Å². The highest BCUT2D eigenvalue weighted by atomic mass is 31.2. The van der Waals surface area contributed by atoms with Gasteiger partial charge in [0.2, 0.25) is 0 Å². The fraction of sp³-hybridized carbons (Fsp3) is 0.474. The molecule has 2 N–H and O–H groups in total. The van der Waals surface area contributed by atoms with Crippen LogP contribution in [0.3, 0.4) is 0 Å². The maximum atomic E-state index is 13.2. The summed E-state index contributed by atoms with van der Waals surface area (Å²) in [4.78, 5) is 31.8. The zero-order valence-electron chi connectivity index (χ0n) is 17.4. The fourth-order valence-electron chi connectivity index (χ4n) is 4.00. The summed E-state index contributed by atoms with van der Waals surface area (Å²) in [5.74, 6) is 0.0324. The molecule has 3 saturated heterocycles. The first-order valence-electron chi connectivity index (χ1n) is 10.1. The summed E-state index contributed by atoms with van der Waals surface area (Å²) >= 11 is 0. The lowest BCUT2D eigenvalue weighted by Gasteiger charge is -2.32. The third-order valence-corrected chi connectivity index (χ3v) is 7.08. The van der Waals surface area contributed by atoms with Crippen molar-refractivity contribution in [1.82, 2.24) is 14.5 Å². The van der Waals surface area contributed by atoms with Crippen LogP contribution < -0.4 is 11.4 Å². The van der Waals surface area contributed by atoms with Gasteiger partial charge in [-0.05, 0) is 30.7 Å². The van der Waals surface area contributed by atoms with Crippen molar-refractivity contribution in [3.8, 4) is 0 Å². The van der Waals surface area contributed by atoms with Crippen molar-refractivity contribution in [1.29, 1.82) is 0 Å². The van der Waals surface area contributed by atoms with Crippen LogP contribution >= 0.6 is 7.82 Å². The van der Waals surface area contributed by atoms with Crippen LogP contribution in [-0.2, 0) is 32.3 Å². The molecule has 3 aliphatic heterocycles. The average molecular weight is 480 g/mol. The minimum atomic E-state index is -3.97. The molecule has 0 radical (unpaired) electrons. The maximum absolute atomic E-state index is 13.2. The van der Waals surface area contributed by atoms with E-state index in [-0.39, 0.29) is 19.0 Å². The predicted octanol–water partition coefficient (Wildman–Crippen LogP) is 1.71. The van der Waals surface area contributed by atoms with Crippen molar-refractivity contribution < 1.29 is 37.1 Å². The van der Waals surface area contributed by atoms with Crippen LogP contribution in [0.4, 0.5) is 10.6 Å². The molecule has 0 aromatic carbocycles. The number of phosphoric ester groups is 1. The second-order valence-corrected chi connectivity index (χ2v) is 9.57. The summed E-state index contributed by atoms with van der Waals surface area (Å²) in [5, 5.41) is 0. The normalized spacial score (nSPS) is 35.6. The van der Waals surface area contributed by atoms with E-state index in [4.69, 9.17) is 33.5 Å². The van der Waals surface area contributed by atoms with Crippen LogP contribution in [-0.4, -0.2) is 51.7 Å². The quantitative estimate of drug-likeness (QED) is 0.487. The molecule has 3 aliphatic rings. The second-order valence-electron chi connectivity index (χ2n) is 7.95. The van der Waals surface area contributed by atoms with E-state index >= 15 is 0 Å². The van der Waals surface area contributed by atoms with Gasteiger partial charge in [0.15, 0.2) is 18.4 Å². The molecule has 14 heteroatoms. The molecule has 5 heterocycles. The molecule has 33 heavy (non-hydrogen) atoms. The fourth-order valence-corrected chi connectivity index (χ4v) is 5.48. The van der Waals surface area contributed by atoms with Crippen molar-refractivity contribution >= 4 is 19.8 Å². The molecule has 0 bridgehead atoms. The number of phosphoric acid groups is 1. The SMILES string of the molecule is C[C@]1(COP2(=O)OCCC(c3ccncc3)O2)O[C@@H](n2ccc(N)nc2=O)[C@@H]2OC(=O)O[C@@H]21. The minimum absolute atomic E-state index is 0.0324. The topological polar surface area (TPSA) is 163 Å². The molecule has 2 aromatic rings. The first-order chi connectivity index (χ1) is 15.8. The van der Waals surface area contributed by atoms with Gasteiger partial charge in [0, 0.05) is 25.0 Å². The number of nitrogen functional groups attached to an aromatic ring is 1. The summed E-state index contributed by atoms with van der Waals surface area (Å²) in [6.45, 7) is 1.40. The number of hydrogen-bond donors (Lipinski definition) is 1. The van der Waals surface area contributed by atoms with Gasteiger partial charge in [-0.3, -0.25) is 23.1 Å². The molecule has 176 valence electrons. The Bertz CT molecular complexity index is 1160. The monoisotopic (exact) mass is 480 g/mol. The number of carbonyl (C=O) groups is 1. The van der Waals surface area contributed by atoms with E-state index in [1.54, 1.807) is 31.5 Å². The van der Waals surface area contributed by atoms with Gasteiger partial charge < -0.3 is 19.9 Å². The molecule has 5 rings (SSSR count). The first kappa shape index (κ1) is 22.0. The molecule has 0 saturated carbocycles. The molecular formula is C19H21N4O9P. The predicted molar refractivity (Wildman–Crippen MR) is 109 cm³/mol. The summed E-state index contributed by atoms with van der Waals surface area (Å²) in [7, 11) is -3.97. The van der Waals surface area contributed by atoms with E-state index < -0.39 is 49.8 Å². The lowest BCUT2D eigenvalue weighted by atomic mass is 9.99. The van der Waals surface area contributed by atoms with Crippen molar-refractivity contribution in [2.24, 2.45) is 0 Å². The average Bonchev–Trinajstić information content (AvgIpc) is 3.30. The van der Waals surface area contributed by atoms with E-state index in [2.05, 4.69) is 9.97 Å². The number of fused-ring (bicyclic) bond motifs is 1. The first-order valence-corrected chi connectivity index (χ1v) is 11.6. The van der Waals surface area contributed by atoms with Gasteiger partial charge in [-0.15, -0.1) is 0 Å². The van der Waals surface area contributed by atoms with Crippen molar-refractivity contribution in [3.63, 3.8) is 0 Å². The van der Waals surface area contributed by atoms with Gasteiger partial charge in [0.05, 0.1) is 19.3 Å². The van der Waals surface area contributed by atoms with Crippen LogP contribution in [0.2, 0.25) is 0 Å². The number of pyridine rings is 1. The Morgan fingerprint density at radius 1 is 1.27 bits per heavy atom. The van der Waals surface area contributed by atoms with Crippen molar-refractivity contribution in [2.75, 3.05) is 18.9 Å². The zero-order valence-corrected chi connectivity index (χ0v) is 18.3. The third-order valence-electron chi connectivity index (χ3n) is 5.63. The Balaban J connectivity index is 1.35. The highest BCUT2D eigenvalue weighted by Crippen LogP contribution is 2.58. The largest absolute Gasteiger partial charge is 0.509 e. The van der Waals surface area contributed by atoms with Crippen LogP contribution in [0.5, 0.6) is 0 Å². The molecule has 6 atom stereocenters. The minimum Gasteiger partial charge on any atom is -0.424 e. The van der Waals surface area contributed by atoms with Crippen molar-refractivity contribution in [2.45, 2.75) is 43.5 Å². The number of aromatic nitrogens is 3. The van der Waals surface area contributed by atoms with Gasteiger partial charge in [-0.1, -0.05) is 0 Å². The lowest BCUT2D eigenvalue weighted by molar-refractivity contribution is -0.131. The van der Waals surface area contributed by atoms with Gasteiger partial charge in [-0.25, -0.2) is 14.2 Å². The highest BCUT2D eigenvalue weighted by molar-refractivity contribution is 7.48. The van der Waals surface area contributed by atoms with E-state index in [1.165, 1.54) is 12.3 Å². The number of carbonyl (C=O) groups excluding carboxylic acids is 1. The number of nitrogens with zero attached hydrogens (tertiary/aromatic N) is 3. The Hall–Kier alpha value is -2.83. The van der Waals surface area contributed by atoms with Crippen LogP contribution in [0, 0.1) is 0 Å². The Morgan fingerprint density at radius 2 is 2.06 bits per heavy atom. The van der Waals surface area contributed by atoms with Gasteiger partial charge in [-0.2, -0.15) is 4.98 Å². The molecule has 0 aliphatic carbocycles. The molecule has 3 fully saturated rings. The van der Waals surface area contributed by atoms with Gasteiger partial charge in [0.25, 0.3) is 0 Å². The van der Waals surface area contributed by atoms with E-state index in [0.29, 0.717) is 6.42 Å². The third kappa shape index (κ3) is 4.13. The molecule has 2 unspecified atom stereocenters. The zero-order chi connectivity index (χ0) is 23.2. The summed E-state index contributed by atoms with van der Waals surface area (Å²) < 4.78 is 47.4. The number of ether oxygens (including phenoxy) is 3. The Morgan fingerprint density at radius 3 is 2.82 bits per heavy atom. The van der Waals surface area contributed by atoms with Crippen LogP contribution in [0.15, 0.2) is 41.6 Å². The number of anilines is 1. The second kappa shape index (κ2) is 8.19. The van der Waals surface area contributed by atoms with E-state index in [1.807, 2.05) is 0 Å². The van der Waals surface area contributed by atoms with Gasteiger partial charge in [0.1, 0.15) is 11.4 Å². The summed E-state index contributed by atoms with van der Waals surface area (Å²) in [5.41, 5.74) is 4.30. The lowest BCUT2D eigenvalue weighted by Crippen LogP contribution is -2.43. The Labute approximate surface area is 187 Å². The van der Waals surface area contributed by atoms with Crippen LogP contribution in [0.25, 0.3) is 0 Å². The standard InChI is InChI=1S/C19H21N4O9P/c1-19(10-28-33(26)27-9-5-12(32-33)11-2-6-21-7-3-11)15-14(29-18(25)30-15)16(31-19)23-8-4-13(20)22-17(23)24/h2-4,6-8,12,14-16H,5,9-10H2,1H3,(H2,20,22,24)/t12?,14-,15+,16-,19-,33?/m1/s1. The number of hydrogen-bond acceptors (Lipinski definition) is 12. The molecule has 0 amide bonds. The number of nitrogens with two attached hydrogens (primary N) is 1. The van der Waals surface area contributed by atoms with E-state index in [0.717, 1.165) is 10.1 Å². The molecule has 0 spiro atoms. The molecular weight excluding hydrogens is 459 g/mol. The highest BCUT2D eigenvalue weighted by Gasteiger charge is 2.62. The van der Waals surface area contributed by atoms with Gasteiger partial charge >= 0.3 is 19.7 Å². The van der Waals surface area contributed by atoms with Crippen molar-refractivity contribution in [3.05, 3.63) is 52.8 Å². The smallest absolute Gasteiger partial charge is 0.424 e. The van der Waals surface area contributed by atoms with Crippen LogP contribution in [0.1, 0.15) is 31.2 Å². The summed E-state index contributed by atoms with van der Waals surface area (Å²) in [6.07, 6.45) is 0.671. The summed E-state index contributed by atoms with van der Waals surface area (Å²) in [6, 6.07) is 4.92. The number of rotatable bonds is 5. The molecule has 13 nitrogen and oxygen atoms in total. The maximum Gasteiger partial charge on any atom is 0.509 e. The molecule has 2 aromatic heterocycles. The Kier molecular flexibility index (Phi) is 5.46.